The summed E-state index contributed by atoms with van der Waals surface area (Å²) in [5.41, 5.74) is 4.31. The second-order valence-corrected chi connectivity index (χ2v) is 9.47. The molecule has 182 valence electrons. The normalized spacial score (nSPS) is 11.3. The molecule has 0 fully saturated rings. The van der Waals surface area contributed by atoms with Crippen molar-refractivity contribution in [3.05, 3.63) is 99.7 Å². The molecule has 0 bridgehead atoms. The Kier molecular flexibility index (Phi) is 6.77. The number of aryl methyl sites for hydroxylation is 1. The van der Waals surface area contributed by atoms with Crippen LogP contribution in [0.15, 0.2) is 77.6 Å². The summed E-state index contributed by atoms with van der Waals surface area (Å²) in [6.07, 6.45) is 1.64. The van der Waals surface area contributed by atoms with Gasteiger partial charge in [0.15, 0.2) is 0 Å². The number of aromatic amines is 1. The fourth-order valence-corrected chi connectivity index (χ4v) is 4.37. The molecule has 2 heterocycles. The molecule has 36 heavy (non-hydrogen) atoms. The highest BCUT2D eigenvalue weighted by Gasteiger charge is 2.17. The van der Waals surface area contributed by atoms with Crippen molar-refractivity contribution < 1.29 is 0 Å². The molecule has 9 heteroatoms. The number of nitrogens with one attached hydrogen (secondary N) is 1. The Labute approximate surface area is 213 Å². The van der Waals surface area contributed by atoms with Gasteiger partial charge in [-0.15, -0.1) is 15.3 Å². The van der Waals surface area contributed by atoms with Crippen LogP contribution < -0.4 is 5.69 Å². The first-order chi connectivity index (χ1) is 17.5. The smallest absolute Gasteiger partial charge is 0.274 e. The van der Waals surface area contributed by atoms with Crippen molar-refractivity contribution in [3.63, 3.8) is 0 Å². The van der Waals surface area contributed by atoms with Crippen molar-refractivity contribution >= 4 is 11.6 Å². The Morgan fingerprint density at radius 1 is 0.944 bits per heavy atom. The maximum absolute atomic E-state index is 13.4. The molecule has 3 aromatic carbocycles. The van der Waals surface area contributed by atoms with E-state index in [0.29, 0.717) is 35.4 Å². The van der Waals surface area contributed by atoms with Crippen LogP contribution in [0, 0.1) is 5.92 Å². The predicted octanol–water partition coefficient (Wildman–Crippen LogP) is 5.17. The third kappa shape index (κ3) is 4.85. The zero-order chi connectivity index (χ0) is 25.1. The number of hydrogen-bond acceptors (Lipinski definition) is 5. The lowest BCUT2D eigenvalue weighted by molar-refractivity contribution is 0.558. The third-order valence-corrected chi connectivity index (χ3v) is 6.40. The fraction of sp³-hybridized carbons (Fsp3) is 0.222. The van der Waals surface area contributed by atoms with Crippen molar-refractivity contribution in [3.8, 4) is 28.2 Å². The first-order valence-electron chi connectivity index (χ1n) is 11.9. The van der Waals surface area contributed by atoms with E-state index in [2.05, 4.69) is 39.6 Å². The van der Waals surface area contributed by atoms with Gasteiger partial charge in [0.1, 0.15) is 5.82 Å². The number of para-hydroxylation sites is 1. The van der Waals surface area contributed by atoms with Gasteiger partial charge in [-0.3, -0.25) is 4.57 Å². The standard InChI is InChI=1S/C27H26ClN7O/c1-18(2)11-16-25-31-35(24-10-6-5-9-23(24)28)27(36)34(25)17-19-12-14-20(15-13-19)21-7-3-4-8-22(21)26-29-32-33-30-26/h3-10,12-15,18H,11,16-17H2,1-2H3,(H,29,30,32,33). The molecule has 0 radical (unpaired) electrons. The van der Waals surface area contributed by atoms with Crippen LogP contribution in [-0.4, -0.2) is 35.0 Å². The van der Waals surface area contributed by atoms with E-state index >= 15 is 0 Å². The van der Waals surface area contributed by atoms with Crippen LogP contribution in [0.25, 0.3) is 28.2 Å². The first-order valence-corrected chi connectivity index (χ1v) is 12.2. The Morgan fingerprint density at radius 3 is 2.36 bits per heavy atom. The van der Waals surface area contributed by atoms with Crippen molar-refractivity contribution in [2.45, 2.75) is 33.2 Å². The van der Waals surface area contributed by atoms with Gasteiger partial charge in [0.2, 0.25) is 5.82 Å². The molecule has 0 amide bonds. The van der Waals surface area contributed by atoms with E-state index in [9.17, 15) is 4.79 Å². The molecule has 0 aliphatic heterocycles. The maximum Gasteiger partial charge on any atom is 0.351 e. The van der Waals surface area contributed by atoms with Gasteiger partial charge < -0.3 is 0 Å². The molecule has 0 aliphatic carbocycles. The molecule has 0 saturated heterocycles. The third-order valence-electron chi connectivity index (χ3n) is 6.08. The summed E-state index contributed by atoms with van der Waals surface area (Å²) in [7, 11) is 0. The molecule has 5 rings (SSSR count). The van der Waals surface area contributed by atoms with Gasteiger partial charge in [0.05, 0.1) is 17.3 Å². The van der Waals surface area contributed by atoms with Gasteiger partial charge in [-0.2, -0.15) is 9.90 Å². The van der Waals surface area contributed by atoms with E-state index in [4.69, 9.17) is 11.6 Å². The molecule has 2 aromatic heterocycles. The van der Waals surface area contributed by atoms with Crippen LogP contribution in [0.1, 0.15) is 31.7 Å². The average Bonchev–Trinajstić information content (AvgIpc) is 3.53. The van der Waals surface area contributed by atoms with Crippen LogP contribution in [-0.2, 0) is 13.0 Å². The van der Waals surface area contributed by atoms with E-state index in [1.165, 1.54) is 4.68 Å². The van der Waals surface area contributed by atoms with Gasteiger partial charge in [-0.25, -0.2) is 4.79 Å². The number of hydrogen-bond donors (Lipinski definition) is 1. The highest BCUT2D eigenvalue weighted by Crippen LogP contribution is 2.30. The van der Waals surface area contributed by atoms with Gasteiger partial charge in [0.25, 0.3) is 0 Å². The monoisotopic (exact) mass is 499 g/mol. The Bertz CT molecular complexity index is 1520. The van der Waals surface area contributed by atoms with E-state index in [1.54, 1.807) is 10.6 Å². The average molecular weight is 500 g/mol. The number of benzene rings is 3. The first kappa shape index (κ1) is 23.7. The molecule has 5 aromatic rings. The number of halogens is 1. The summed E-state index contributed by atoms with van der Waals surface area (Å²) < 4.78 is 3.15. The second kappa shape index (κ2) is 10.3. The van der Waals surface area contributed by atoms with Crippen LogP contribution in [0.2, 0.25) is 5.02 Å². The predicted molar refractivity (Wildman–Crippen MR) is 140 cm³/mol. The largest absolute Gasteiger partial charge is 0.351 e. The van der Waals surface area contributed by atoms with E-state index in [-0.39, 0.29) is 5.69 Å². The Hall–Kier alpha value is -4.04. The molecule has 0 spiro atoms. The number of rotatable bonds is 8. The van der Waals surface area contributed by atoms with Crippen molar-refractivity contribution in [2.24, 2.45) is 5.92 Å². The number of aromatic nitrogens is 7. The molecule has 0 aliphatic rings. The topological polar surface area (TPSA) is 94.3 Å². The lowest BCUT2D eigenvalue weighted by atomic mass is 9.98. The summed E-state index contributed by atoms with van der Waals surface area (Å²) >= 11 is 6.38. The Balaban J connectivity index is 1.48. The molecule has 0 unspecified atom stereocenters. The quantitative estimate of drug-likeness (QED) is 0.318. The zero-order valence-electron chi connectivity index (χ0n) is 20.1. The molecular weight excluding hydrogens is 474 g/mol. The van der Waals surface area contributed by atoms with Gasteiger partial charge >= 0.3 is 5.69 Å². The maximum atomic E-state index is 13.4. The SMILES string of the molecule is CC(C)CCc1nn(-c2ccccc2Cl)c(=O)n1Cc1ccc(-c2ccccc2-c2nn[nH]n2)cc1. The summed E-state index contributed by atoms with van der Waals surface area (Å²) in [6, 6.07) is 23.4. The number of nitrogens with zero attached hydrogens (tertiary/aromatic N) is 6. The Morgan fingerprint density at radius 2 is 1.67 bits per heavy atom. The molecular formula is C27H26ClN7O. The van der Waals surface area contributed by atoms with Gasteiger partial charge in [-0.05, 0) is 46.4 Å². The molecule has 8 nitrogen and oxygen atoms in total. The van der Waals surface area contributed by atoms with E-state index in [0.717, 1.165) is 34.5 Å². The van der Waals surface area contributed by atoms with Gasteiger partial charge in [-0.1, -0.05) is 86.1 Å². The zero-order valence-corrected chi connectivity index (χ0v) is 20.9. The summed E-state index contributed by atoms with van der Waals surface area (Å²) in [5.74, 6) is 1.79. The van der Waals surface area contributed by atoms with Crippen molar-refractivity contribution in [1.29, 1.82) is 0 Å². The fourth-order valence-electron chi connectivity index (χ4n) is 4.16. The van der Waals surface area contributed by atoms with Crippen molar-refractivity contribution in [1.82, 2.24) is 35.0 Å². The minimum absolute atomic E-state index is 0.201. The molecule has 0 saturated carbocycles. The van der Waals surface area contributed by atoms with Crippen LogP contribution in [0.3, 0.4) is 0 Å². The lowest BCUT2D eigenvalue weighted by Gasteiger charge is -2.10. The van der Waals surface area contributed by atoms with Crippen LogP contribution in [0.4, 0.5) is 0 Å². The minimum Gasteiger partial charge on any atom is -0.274 e. The summed E-state index contributed by atoms with van der Waals surface area (Å²) in [5, 5.41) is 19.6. The van der Waals surface area contributed by atoms with E-state index in [1.807, 2.05) is 66.7 Å². The number of H-pyrrole nitrogens is 1. The summed E-state index contributed by atoms with van der Waals surface area (Å²) in [4.78, 5) is 13.4. The second-order valence-electron chi connectivity index (χ2n) is 9.06. The van der Waals surface area contributed by atoms with E-state index < -0.39 is 0 Å². The highest BCUT2D eigenvalue weighted by molar-refractivity contribution is 6.32. The minimum atomic E-state index is -0.201. The van der Waals surface area contributed by atoms with Gasteiger partial charge in [0, 0.05) is 12.0 Å². The highest BCUT2D eigenvalue weighted by atomic mass is 35.5. The van der Waals surface area contributed by atoms with Crippen LogP contribution in [0.5, 0.6) is 0 Å². The van der Waals surface area contributed by atoms with Crippen molar-refractivity contribution in [2.75, 3.05) is 0 Å². The lowest BCUT2D eigenvalue weighted by Crippen LogP contribution is -2.25. The molecule has 1 N–H and O–H groups in total. The number of tetrazole rings is 1. The summed E-state index contributed by atoms with van der Waals surface area (Å²) in [6.45, 7) is 4.75. The molecule has 0 atom stereocenters. The van der Waals surface area contributed by atoms with Crippen LogP contribution >= 0.6 is 11.6 Å².